The lowest BCUT2D eigenvalue weighted by atomic mass is 10.0. The van der Waals surface area contributed by atoms with Gasteiger partial charge in [0.1, 0.15) is 0 Å². The van der Waals surface area contributed by atoms with Gasteiger partial charge in [-0.15, -0.1) is 0 Å². The molecule has 1 aromatic heterocycles. The number of rotatable bonds is 5. The normalized spacial score (nSPS) is 11.8. The van der Waals surface area contributed by atoms with E-state index in [-0.39, 0.29) is 6.04 Å². The molecule has 0 spiro atoms. The van der Waals surface area contributed by atoms with Crippen LogP contribution in [0.1, 0.15) is 29.4 Å². The molecule has 0 fully saturated rings. The topological polar surface area (TPSA) is 48.7 Å². The maximum absolute atomic E-state index is 8.93. The largest absolute Gasteiger partial charge is 0.303 e. The van der Waals surface area contributed by atoms with Crippen LogP contribution in [0.3, 0.4) is 0 Å². The molecule has 0 saturated carbocycles. The van der Waals surface area contributed by atoms with Gasteiger partial charge in [-0.25, -0.2) is 0 Å². The molecule has 2 aromatic rings. The summed E-state index contributed by atoms with van der Waals surface area (Å²) in [4.78, 5) is 4.45. The molecule has 96 valence electrons. The fourth-order valence-corrected chi connectivity index (χ4v) is 2.01. The molecule has 3 nitrogen and oxygen atoms in total. The van der Waals surface area contributed by atoms with Crippen molar-refractivity contribution in [3.8, 4) is 6.07 Å². The van der Waals surface area contributed by atoms with Gasteiger partial charge in [-0.1, -0.05) is 36.4 Å². The number of hydrogen-bond acceptors (Lipinski definition) is 3. The highest BCUT2D eigenvalue weighted by atomic mass is 14.9. The first-order chi connectivity index (χ1) is 9.29. The lowest BCUT2D eigenvalue weighted by Crippen LogP contribution is -2.21. The number of aromatic nitrogens is 1. The van der Waals surface area contributed by atoms with E-state index in [1.165, 1.54) is 0 Å². The molecule has 0 amide bonds. The number of benzene rings is 1. The molecule has 1 aromatic carbocycles. The first kappa shape index (κ1) is 13.3. The molecule has 1 atom stereocenters. The molecular weight excluding hydrogens is 234 g/mol. The molecule has 0 bridgehead atoms. The fourth-order valence-electron chi connectivity index (χ4n) is 2.01. The van der Waals surface area contributed by atoms with Crippen LogP contribution in [-0.2, 0) is 6.54 Å². The van der Waals surface area contributed by atoms with Crippen molar-refractivity contribution in [3.05, 3.63) is 65.5 Å². The van der Waals surface area contributed by atoms with Crippen LogP contribution in [0.4, 0.5) is 0 Å². The Bertz CT molecular complexity index is 558. The van der Waals surface area contributed by atoms with Crippen LogP contribution in [0.15, 0.2) is 48.5 Å². The number of nitrogens with zero attached hydrogens (tertiary/aromatic N) is 2. The Kier molecular flexibility index (Phi) is 4.66. The van der Waals surface area contributed by atoms with E-state index >= 15 is 0 Å². The Morgan fingerprint density at radius 1 is 1.16 bits per heavy atom. The Balaban J connectivity index is 2.04. The summed E-state index contributed by atoms with van der Waals surface area (Å²) in [6.07, 6.45) is 0.454. The number of aryl methyl sites for hydroxylation is 1. The van der Waals surface area contributed by atoms with Crippen molar-refractivity contribution in [1.82, 2.24) is 10.3 Å². The summed E-state index contributed by atoms with van der Waals surface area (Å²) in [5, 5.41) is 12.3. The van der Waals surface area contributed by atoms with E-state index in [1.54, 1.807) is 0 Å². The highest BCUT2D eigenvalue weighted by molar-refractivity contribution is 5.20. The molecule has 2 rings (SSSR count). The number of hydrogen-bond donors (Lipinski definition) is 1. The SMILES string of the molecule is Cc1cccc(CNC(CC#N)c2ccccc2)n1. The van der Waals surface area contributed by atoms with E-state index in [2.05, 4.69) is 16.4 Å². The Hall–Kier alpha value is -2.18. The zero-order valence-corrected chi connectivity index (χ0v) is 11.0. The maximum atomic E-state index is 8.93. The summed E-state index contributed by atoms with van der Waals surface area (Å²) in [6.45, 7) is 2.65. The van der Waals surface area contributed by atoms with E-state index in [0.717, 1.165) is 17.0 Å². The first-order valence-corrected chi connectivity index (χ1v) is 6.37. The van der Waals surface area contributed by atoms with Crippen LogP contribution in [-0.4, -0.2) is 4.98 Å². The summed E-state index contributed by atoms with van der Waals surface area (Å²) in [6, 6.07) is 18.3. The third-order valence-corrected chi connectivity index (χ3v) is 2.97. The van der Waals surface area contributed by atoms with Gasteiger partial charge in [0.05, 0.1) is 18.2 Å². The molecule has 0 aliphatic rings. The monoisotopic (exact) mass is 251 g/mol. The van der Waals surface area contributed by atoms with Gasteiger partial charge in [-0.05, 0) is 24.6 Å². The van der Waals surface area contributed by atoms with Crippen molar-refractivity contribution >= 4 is 0 Å². The van der Waals surface area contributed by atoms with E-state index in [9.17, 15) is 0 Å². The van der Waals surface area contributed by atoms with Gasteiger partial charge in [0.25, 0.3) is 0 Å². The third kappa shape index (κ3) is 3.90. The number of nitrogens with one attached hydrogen (secondary N) is 1. The second-order valence-electron chi connectivity index (χ2n) is 4.48. The average Bonchev–Trinajstić information content (AvgIpc) is 2.44. The van der Waals surface area contributed by atoms with Crippen LogP contribution in [0, 0.1) is 18.3 Å². The predicted octanol–water partition coefficient (Wildman–Crippen LogP) is 3.13. The van der Waals surface area contributed by atoms with Gasteiger partial charge in [0.2, 0.25) is 0 Å². The van der Waals surface area contributed by atoms with Gasteiger partial charge in [-0.2, -0.15) is 5.26 Å². The molecular formula is C16H17N3. The van der Waals surface area contributed by atoms with Gasteiger partial charge in [0, 0.05) is 18.3 Å². The van der Waals surface area contributed by atoms with E-state index in [0.29, 0.717) is 13.0 Å². The number of nitriles is 1. The number of pyridine rings is 1. The molecule has 1 N–H and O–H groups in total. The zero-order chi connectivity index (χ0) is 13.5. The summed E-state index contributed by atoms with van der Waals surface area (Å²) in [5.41, 5.74) is 3.14. The summed E-state index contributed by atoms with van der Waals surface area (Å²) < 4.78 is 0. The maximum Gasteiger partial charge on any atom is 0.0641 e. The van der Waals surface area contributed by atoms with Crippen LogP contribution in [0.5, 0.6) is 0 Å². The molecule has 19 heavy (non-hydrogen) atoms. The summed E-state index contributed by atoms with van der Waals surface area (Å²) in [5.74, 6) is 0. The second kappa shape index (κ2) is 6.67. The van der Waals surface area contributed by atoms with Crippen molar-refractivity contribution in [2.24, 2.45) is 0 Å². The highest BCUT2D eigenvalue weighted by Gasteiger charge is 2.10. The van der Waals surface area contributed by atoms with Crippen molar-refractivity contribution < 1.29 is 0 Å². The van der Waals surface area contributed by atoms with E-state index in [1.807, 2.05) is 55.5 Å². The second-order valence-corrected chi connectivity index (χ2v) is 4.48. The quantitative estimate of drug-likeness (QED) is 0.888. The standard InChI is InChI=1S/C16H17N3/c1-13-6-5-9-15(19-13)12-18-16(10-11-17)14-7-3-2-4-8-14/h2-9,16,18H,10,12H2,1H3. The minimum absolute atomic E-state index is 0.0495. The van der Waals surface area contributed by atoms with Crippen molar-refractivity contribution in [1.29, 1.82) is 5.26 Å². The Morgan fingerprint density at radius 2 is 1.95 bits per heavy atom. The zero-order valence-electron chi connectivity index (χ0n) is 11.0. The Morgan fingerprint density at radius 3 is 2.63 bits per heavy atom. The van der Waals surface area contributed by atoms with Gasteiger partial charge >= 0.3 is 0 Å². The van der Waals surface area contributed by atoms with Gasteiger partial charge in [0.15, 0.2) is 0 Å². The van der Waals surface area contributed by atoms with Crippen LogP contribution >= 0.6 is 0 Å². The third-order valence-electron chi connectivity index (χ3n) is 2.97. The molecule has 3 heteroatoms. The van der Waals surface area contributed by atoms with Gasteiger partial charge < -0.3 is 5.32 Å². The predicted molar refractivity (Wildman–Crippen MR) is 75.2 cm³/mol. The molecule has 0 aliphatic carbocycles. The van der Waals surface area contributed by atoms with Crippen molar-refractivity contribution in [2.45, 2.75) is 25.9 Å². The van der Waals surface area contributed by atoms with Crippen LogP contribution in [0.25, 0.3) is 0 Å². The minimum atomic E-state index is 0.0495. The fraction of sp³-hybridized carbons (Fsp3) is 0.250. The van der Waals surface area contributed by atoms with Crippen molar-refractivity contribution in [2.75, 3.05) is 0 Å². The summed E-state index contributed by atoms with van der Waals surface area (Å²) in [7, 11) is 0. The summed E-state index contributed by atoms with van der Waals surface area (Å²) >= 11 is 0. The van der Waals surface area contributed by atoms with Crippen LogP contribution in [0.2, 0.25) is 0 Å². The van der Waals surface area contributed by atoms with Gasteiger partial charge in [-0.3, -0.25) is 4.98 Å². The smallest absolute Gasteiger partial charge is 0.0641 e. The van der Waals surface area contributed by atoms with Crippen molar-refractivity contribution in [3.63, 3.8) is 0 Å². The minimum Gasteiger partial charge on any atom is -0.303 e. The van der Waals surface area contributed by atoms with E-state index in [4.69, 9.17) is 5.26 Å². The average molecular weight is 251 g/mol. The molecule has 1 unspecified atom stereocenters. The molecule has 1 heterocycles. The molecule has 0 aliphatic heterocycles. The highest BCUT2D eigenvalue weighted by Crippen LogP contribution is 2.16. The molecule has 0 radical (unpaired) electrons. The first-order valence-electron chi connectivity index (χ1n) is 6.37. The lowest BCUT2D eigenvalue weighted by Gasteiger charge is -2.16. The van der Waals surface area contributed by atoms with Crippen LogP contribution < -0.4 is 5.32 Å². The lowest BCUT2D eigenvalue weighted by molar-refractivity contribution is 0.536. The Labute approximate surface area is 113 Å². The van der Waals surface area contributed by atoms with E-state index < -0.39 is 0 Å². The molecule has 0 saturated heterocycles.